The van der Waals surface area contributed by atoms with E-state index in [2.05, 4.69) is 4.98 Å². The van der Waals surface area contributed by atoms with Crippen LogP contribution in [0.4, 0.5) is 4.39 Å². The van der Waals surface area contributed by atoms with Gasteiger partial charge in [-0.3, -0.25) is 0 Å². The highest BCUT2D eigenvalue weighted by molar-refractivity contribution is 6.09. The summed E-state index contributed by atoms with van der Waals surface area (Å²) in [7, 11) is 1.53. The predicted molar refractivity (Wildman–Crippen MR) is 94.9 cm³/mol. The fraction of sp³-hybridized carbons (Fsp3) is 0.0500. The third kappa shape index (κ3) is 2.52. The van der Waals surface area contributed by atoms with Gasteiger partial charge in [-0.25, -0.2) is 9.18 Å². The molecule has 26 heavy (non-hydrogen) atoms. The van der Waals surface area contributed by atoms with Crippen molar-refractivity contribution in [3.05, 3.63) is 66.2 Å². The summed E-state index contributed by atoms with van der Waals surface area (Å²) >= 11 is 0. The van der Waals surface area contributed by atoms with Gasteiger partial charge in [0.05, 0.1) is 7.11 Å². The van der Waals surface area contributed by atoms with Crippen LogP contribution in [0.5, 0.6) is 5.75 Å². The number of methoxy groups -OCH3 is 1. The van der Waals surface area contributed by atoms with Crippen LogP contribution >= 0.6 is 0 Å². The van der Waals surface area contributed by atoms with Gasteiger partial charge in [0.15, 0.2) is 0 Å². The van der Waals surface area contributed by atoms with E-state index in [1.165, 1.54) is 31.4 Å². The van der Waals surface area contributed by atoms with Crippen LogP contribution in [0, 0.1) is 5.82 Å². The van der Waals surface area contributed by atoms with Gasteiger partial charge in [0.25, 0.3) is 0 Å². The number of ether oxygens (including phenoxy) is 1. The van der Waals surface area contributed by atoms with Gasteiger partial charge in [-0.2, -0.15) is 0 Å². The van der Waals surface area contributed by atoms with Gasteiger partial charge in [0.2, 0.25) is 0 Å². The molecule has 5 nitrogen and oxygen atoms in total. The third-order valence-electron chi connectivity index (χ3n) is 4.24. The van der Waals surface area contributed by atoms with Crippen LogP contribution in [-0.2, 0) is 0 Å². The lowest BCUT2D eigenvalue weighted by molar-refractivity contribution is 0.0699. The molecule has 0 spiro atoms. The van der Waals surface area contributed by atoms with Gasteiger partial charge in [-0.15, -0.1) is 0 Å². The number of aromatic nitrogens is 1. The molecule has 0 amide bonds. The van der Waals surface area contributed by atoms with Crippen molar-refractivity contribution in [1.82, 2.24) is 4.98 Å². The first kappa shape index (κ1) is 16.0. The number of H-pyrrole nitrogens is 1. The van der Waals surface area contributed by atoms with E-state index in [-0.39, 0.29) is 11.3 Å². The Bertz CT molecular complexity index is 1100. The molecule has 2 N–H and O–H groups in total. The molecular formula is C20H14FNO4. The number of hydrogen-bond donors (Lipinski definition) is 2. The summed E-state index contributed by atoms with van der Waals surface area (Å²) < 4.78 is 24.5. The SMILES string of the molecule is COc1cc2c(C(=O)O)c(-c3ccc(F)cc3)oc2cc1-c1cc[nH]c1. The molecule has 0 unspecified atom stereocenters. The molecule has 130 valence electrons. The van der Waals surface area contributed by atoms with Crippen LogP contribution in [0.1, 0.15) is 10.4 Å². The molecule has 4 aromatic rings. The van der Waals surface area contributed by atoms with Gasteiger partial charge in [0.1, 0.15) is 28.5 Å². The highest BCUT2D eigenvalue weighted by Gasteiger charge is 2.23. The van der Waals surface area contributed by atoms with Crippen LogP contribution in [0.3, 0.4) is 0 Å². The Balaban J connectivity index is 2.01. The molecule has 0 aliphatic carbocycles. The lowest BCUT2D eigenvalue weighted by Crippen LogP contribution is -1.97. The van der Waals surface area contributed by atoms with Gasteiger partial charge < -0.3 is 19.2 Å². The van der Waals surface area contributed by atoms with E-state index in [0.29, 0.717) is 22.3 Å². The van der Waals surface area contributed by atoms with Crippen LogP contribution in [-0.4, -0.2) is 23.2 Å². The molecule has 0 atom stereocenters. The van der Waals surface area contributed by atoms with Crippen molar-refractivity contribution in [2.75, 3.05) is 7.11 Å². The number of nitrogens with one attached hydrogen (secondary N) is 1. The molecule has 6 heteroatoms. The average Bonchev–Trinajstić information content (AvgIpc) is 3.28. The molecule has 0 fully saturated rings. The van der Waals surface area contributed by atoms with Crippen molar-refractivity contribution >= 4 is 16.9 Å². The second-order valence-corrected chi connectivity index (χ2v) is 5.77. The number of carbonyl (C=O) groups is 1. The Morgan fingerprint density at radius 1 is 1.15 bits per heavy atom. The van der Waals surface area contributed by atoms with E-state index in [1.54, 1.807) is 18.3 Å². The lowest BCUT2D eigenvalue weighted by Gasteiger charge is -2.07. The van der Waals surface area contributed by atoms with Crippen molar-refractivity contribution in [2.24, 2.45) is 0 Å². The zero-order valence-electron chi connectivity index (χ0n) is 13.7. The minimum atomic E-state index is -1.13. The van der Waals surface area contributed by atoms with Crippen LogP contribution in [0.15, 0.2) is 59.3 Å². The highest BCUT2D eigenvalue weighted by Crippen LogP contribution is 2.40. The standard InChI is InChI=1S/C20H14FNO4/c1-25-16-9-15-17(8-14(16)12-6-7-22-10-12)26-19(18(15)20(23)24)11-2-4-13(21)5-3-11/h2-10,22H,1H3,(H,23,24). The minimum absolute atomic E-state index is 0.0190. The number of halogens is 1. The van der Waals surface area contributed by atoms with Crippen LogP contribution in [0.2, 0.25) is 0 Å². The largest absolute Gasteiger partial charge is 0.496 e. The minimum Gasteiger partial charge on any atom is -0.496 e. The maximum absolute atomic E-state index is 13.2. The van der Waals surface area contributed by atoms with Crippen molar-refractivity contribution in [3.63, 3.8) is 0 Å². The summed E-state index contributed by atoms with van der Waals surface area (Å²) in [4.78, 5) is 14.8. The fourth-order valence-corrected chi connectivity index (χ4v) is 3.03. The van der Waals surface area contributed by atoms with Gasteiger partial charge in [0, 0.05) is 34.5 Å². The maximum atomic E-state index is 13.2. The van der Waals surface area contributed by atoms with E-state index >= 15 is 0 Å². The Kier molecular flexibility index (Phi) is 3.73. The Hall–Kier alpha value is -3.54. The maximum Gasteiger partial charge on any atom is 0.340 e. The molecule has 4 rings (SSSR count). The van der Waals surface area contributed by atoms with Gasteiger partial charge in [-0.05, 0) is 42.5 Å². The van der Waals surface area contributed by atoms with E-state index in [9.17, 15) is 14.3 Å². The molecule has 2 heterocycles. The number of aromatic amines is 1. The first-order chi connectivity index (χ1) is 12.6. The summed E-state index contributed by atoms with van der Waals surface area (Å²) in [6.07, 6.45) is 3.60. The summed E-state index contributed by atoms with van der Waals surface area (Å²) in [6.45, 7) is 0. The summed E-state index contributed by atoms with van der Waals surface area (Å²) in [6, 6.07) is 10.8. The predicted octanol–water partition coefficient (Wildman–Crippen LogP) is 4.94. The number of hydrogen-bond acceptors (Lipinski definition) is 3. The Morgan fingerprint density at radius 3 is 2.54 bits per heavy atom. The van der Waals surface area contributed by atoms with E-state index in [4.69, 9.17) is 9.15 Å². The van der Waals surface area contributed by atoms with Gasteiger partial charge >= 0.3 is 5.97 Å². The molecular weight excluding hydrogens is 337 g/mol. The van der Waals surface area contributed by atoms with Crippen molar-refractivity contribution < 1.29 is 23.4 Å². The molecule has 0 saturated heterocycles. The smallest absolute Gasteiger partial charge is 0.340 e. The molecule has 2 aromatic heterocycles. The van der Waals surface area contributed by atoms with Gasteiger partial charge in [-0.1, -0.05) is 0 Å². The number of furan rings is 1. The molecule has 0 radical (unpaired) electrons. The van der Waals surface area contributed by atoms with E-state index in [1.807, 2.05) is 12.3 Å². The fourth-order valence-electron chi connectivity index (χ4n) is 3.03. The number of fused-ring (bicyclic) bond motifs is 1. The summed E-state index contributed by atoms with van der Waals surface area (Å²) in [5.74, 6) is -0.815. The second kappa shape index (κ2) is 6.07. The first-order valence-corrected chi connectivity index (χ1v) is 7.85. The quantitative estimate of drug-likeness (QED) is 0.546. The first-order valence-electron chi connectivity index (χ1n) is 7.85. The number of carboxylic acids is 1. The zero-order valence-corrected chi connectivity index (χ0v) is 13.7. The van der Waals surface area contributed by atoms with E-state index < -0.39 is 11.8 Å². The highest BCUT2D eigenvalue weighted by atomic mass is 19.1. The Labute approximate surface area is 147 Å². The zero-order chi connectivity index (χ0) is 18.3. The number of rotatable bonds is 4. The molecule has 0 saturated carbocycles. The van der Waals surface area contributed by atoms with Crippen LogP contribution < -0.4 is 4.74 Å². The summed E-state index contributed by atoms with van der Waals surface area (Å²) in [5.41, 5.74) is 2.59. The molecule has 2 aromatic carbocycles. The topological polar surface area (TPSA) is 75.5 Å². The number of aromatic carboxylic acids is 1. The summed E-state index contributed by atoms with van der Waals surface area (Å²) in [5, 5.41) is 10.1. The van der Waals surface area contributed by atoms with Crippen LogP contribution in [0.25, 0.3) is 33.4 Å². The Morgan fingerprint density at radius 2 is 1.92 bits per heavy atom. The second-order valence-electron chi connectivity index (χ2n) is 5.77. The third-order valence-corrected chi connectivity index (χ3v) is 4.24. The van der Waals surface area contributed by atoms with E-state index in [0.717, 1.165) is 11.1 Å². The van der Waals surface area contributed by atoms with Crippen molar-refractivity contribution in [3.8, 4) is 28.2 Å². The number of carboxylic acid groups (broad SMARTS) is 1. The monoisotopic (exact) mass is 351 g/mol. The number of benzene rings is 2. The van der Waals surface area contributed by atoms with Crippen molar-refractivity contribution in [2.45, 2.75) is 0 Å². The molecule has 0 aliphatic rings. The molecule has 0 bridgehead atoms. The lowest BCUT2D eigenvalue weighted by atomic mass is 10.0. The molecule has 0 aliphatic heterocycles. The van der Waals surface area contributed by atoms with Crippen molar-refractivity contribution in [1.29, 1.82) is 0 Å². The normalized spacial score (nSPS) is 11.0. The average molecular weight is 351 g/mol.